The lowest BCUT2D eigenvalue weighted by Gasteiger charge is -2.24. The van der Waals surface area contributed by atoms with Crippen LogP contribution >= 0.6 is 0 Å². The lowest BCUT2D eigenvalue weighted by Crippen LogP contribution is -2.44. The predicted octanol–water partition coefficient (Wildman–Crippen LogP) is 0.263. The molecule has 0 aromatic heterocycles. The smallest absolute Gasteiger partial charge is 0.334 e. The molecule has 0 amide bonds. The van der Waals surface area contributed by atoms with Crippen LogP contribution in [-0.2, 0) is 8.23 Å². The van der Waals surface area contributed by atoms with Gasteiger partial charge in [0.05, 0.1) is 0 Å². The van der Waals surface area contributed by atoms with Crippen molar-refractivity contribution in [2.24, 2.45) is 0 Å². The first-order valence-corrected chi connectivity index (χ1v) is 10.5. The summed E-state index contributed by atoms with van der Waals surface area (Å²) in [7, 11) is -2.28. The van der Waals surface area contributed by atoms with E-state index in [4.69, 9.17) is 8.23 Å². The number of hydrogen-bond donors (Lipinski definition) is 0. The zero-order valence-corrected chi connectivity index (χ0v) is 13.4. The summed E-state index contributed by atoms with van der Waals surface area (Å²) in [4.78, 5) is 0. The molecule has 0 aliphatic rings. The van der Waals surface area contributed by atoms with Crippen molar-refractivity contribution >= 4 is 33.3 Å². The quantitative estimate of drug-likeness (QED) is 0.706. The van der Waals surface area contributed by atoms with E-state index in [1.807, 2.05) is 18.2 Å². The van der Waals surface area contributed by atoms with Crippen LogP contribution in [0.25, 0.3) is 0 Å². The lowest BCUT2D eigenvalue weighted by molar-refractivity contribution is 0.460. The summed E-state index contributed by atoms with van der Waals surface area (Å²) in [6.45, 7) is 6.61. The van der Waals surface area contributed by atoms with Crippen LogP contribution in [0.15, 0.2) is 30.3 Å². The first kappa shape index (κ1) is 11.9. The molecular formula is C9H18O2Si3. The van der Waals surface area contributed by atoms with Crippen LogP contribution in [0.4, 0.5) is 0 Å². The van der Waals surface area contributed by atoms with Crippen LogP contribution in [0.2, 0.25) is 19.6 Å². The molecule has 0 fully saturated rings. The molecule has 1 rings (SSSR count). The van der Waals surface area contributed by atoms with Gasteiger partial charge in [0.2, 0.25) is 0 Å². The molecule has 0 saturated carbocycles. The lowest BCUT2D eigenvalue weighted by atomic mass is 10.4. The van der Waals surface area contributed by atoms with E-state index >= 15 is 0 Å². The minimum Gasteiger partial charge on any atom is -0.444 e. The van der Waals surface area contributed by atoms with Gasteiger partial charge in [-0.3, -0.25) is 0 Å². The normalized spacial score (nSPS) is 14.2. The average molecular weight is 242 g/mol. The summed E-state index contributed by atoms with van der Waals surface area (Å²) >= 11 is 0. The molecule has 0 bridgehead atoms. The fourth-order valence-corrected chi connectivity index (χ4v) is 7.17. The molecule has 1 aromatic carbocycles. The van der Waals surface area contributed by atoms with Gasteiger partial charge < -0.3 is 8.23 Å². The monoisotopic (exact) mass is 242 g/mol. The maximum Gasteiger partial charge on any atom is 0.334 e. The molecule has 0 heterocycles. The Morgan fingerprint density at radius 3 is 2.14 bits per heavy atom. The summed E-state index contributed by atoms with van der Waals surface area (Å²) in [6, 6.07) is 10.3. The molecule has 0 aliphatic carbocycles. The molecule has 1 unspecified atom stereocenters. The zero-order chi connectivity index (χ0) is 10.6. The average Bonchev–Trinajstić information content (AvgIpc) is 2.14. The molecule has 78 valence electrons. The summed E-state index contributed by atoms with van der Waals surface area (Å²) in [5, 5.41) is 1.25. The second-order valence-electron chi connectivity index (χ2n) is 4.21. The van der Waals surface area contributed by atoms with E-state index in [1.54, 1.807) is 0 Å². The fourth-order valence-electron chi connectivity index (χ4n) is 1.18. The maximum atomic E-state index is 6.06. The van der Waals surface area contributed by atoms with Gasteiger partial charge in [-0.05, 0) is 24.8 Å². The highest BCUT2D eigenvalue weighted by molar-refractivity contribution is 6.80. The third-order valence-electron chi connectivity index (χ3n) is 1.75. The van der Waals surface area contributed by atoms with Gasteiger partial charge in [-0.15, -0.1) is 0 Å². The summed E-state index contributed by atoms with van der Waals surface area (Å²) < 4.78 is 11.7. The molecule has 0 saturated heterocycles. The van der Waals surface area contributed by atoms with Crippen molar-refractivity contribution in [1.29, 1.82) is 0 Å². The van der Waals surface area contributed by atoms with Crippen molar-refractivity contribution in [1.82, 2.24) is 0 Å². The molecule has 2 nitrogen and oxygen atoms in total. The van der Waals surface area contributed by atoms with Crippen LogP contribution in [-0.4, -0.2) is 28.1 Å². The largest absolute Gasteiger partial charge is 0.444 e. The van der Waals surface area contributed by atoms with Crippen LogP contribution < -0.4 is 5.19 Å². The SMILES string of the molecule is C[Si](C)(C)O[SiH](O[SiH3])c1ccccc1. The van der Waals surface area contributed by atoms with Crippen molar-refractivity contribution in [3.63, 3.8) is 0 Å². The zero-order valence-electron chi connectivity index (χ0n) is 9.28. The molecule has 1 aromatic rings. The molecule has 0 radical (unpaired) electrons. The van der Waals surface area contributed by atoms with Gasteiger partial charge in [-0.1, -0.05) is 30.3 Å². The molecule has 14 heavy (non-hydrogen) atoms. The number of benzene rings is 1. The second kappa shape index (κ2) is 5.04. The minimum absolute atomic E-state index is 0.759. The number of hydrogen-bond acceptors (Lipinski definition) is 2. The summed E-state index contributed by atoms with van der Waals surface area (Å²) in [5.74, 6) is 0. The van der Waals surface area contributed by atoms with Gasteiger partial charge in [-0.25, -0.2) is 0 Å². The van der Waals surface area contributed by atoms with E-state index in [0.717, 1.165) is 10.5 Å². The number of rotatable bonds is 4. The molecular weight excluding hydrogens is 224 g/mol. The Labute approximate surface area is 91.8 Å². The molecule has 0 N–H and O–H groups in total. The van der Waals surface area contributed by atoms with Crippen molar-refractivity contribution < 1.29 is 8.23 Å². The predicted molar refractivity (Wildman–Crippen MR) is 68.7 cm³/mol. The highest BCUT2D eigenvalue weighted by Gasteiger charge is 2.23. The Morgan fingerprint density at radius 2 is 1.71 bits per heavy atom. The van der Waals surface area contributed by atoms with Crippen LogP contribution in [0.1, 0.15) is 0 Å². The Hall–Kier alpha value is -0.209. The molecule has 1 atom stereocenters. The minimum atomic E-state index is -1.57. The van der Waals surface area contributed by atoms with Crippen LogP contribution in [0, 0.1) is 0 Å². The van der Waals surface area contributed by atoms with E-state index in [2.05, 4.69) is 31.8 Å². The first-order chi connectivity index (χ1) is 6.53. The van der Waals surface area contributed by atoms with Gasteiger partial charge in [-0.2, -0.15) is 0 Å². The second-order valence-corrected chi connectivity index (χ2v) is 12.6. The van der Waals surface area contributed by atoms with E-state index in [0.29, 0.717) is 0 Å². The third-order valence-corrected chi connectivity index (χ3v) is 8.07. The summed E-state index contributed by atoms with van der Waals surface area (Å²) in [6.07, 6.45) is 0. The highest BCUT2D eigenvalue weighted by Crippen LogP contribution is 2.05. The van der Waals surface area contributed by atoms with Crippen molar-refractivity contribution in [3.05, 3.63) is 30.3 Å². The van der Waals surface area contributed by atoms with Gasteiger partial charge in [0, 0.05) is 0 Å². The van der Waals surface area contributed by atoms with E-state index < -0.39 is 17.6 Å². The van der Waals surface area contributed by atoms with Crippen molar-refractivity contribution in [3.8, 4) is 0 Å². The summed E-state index contributed by atoms with van der Waals surface area (Å²) in [5.41, 5.74) is 0. The van der Waals surface area contributed by atoms with Gasteiger partial charge in [0.15, 0.2) is 8.32 Å². The van der Waals surface area contributed by atoms with Gasteiger partial charge in [0.25, 0.3) is 0 Å². The Morgan fingerprint density at radius 1 is 1.14 bits per heavy atom. The first-order valence-electron chi connectivity index (χ1n) is 4.78. The fraction of sp³-hybridized carbons (Fsp3) is 0.333. The highest BCUT2D eigenvalue weighted by atomic mass is 28.4. The van der Waals surface area contributed by atoms with Gasteiger partial charge >= 0.3 is 9.28 Å². The van der Waals surface area contributed by atoms with Crippen LogP contribution in [0.3, 0.4) is 0 Å². The van der Waals surface area contributed by atoms with Crippen molar-refractivity contribution in [2.45, 2.75) is 19.6 Å². The maximum absolute atomic E-state index is 6.06. The molecule has 5 heteroatoms. The van der Waals surface area contributed by atoms with E-state index in [9.17, 15) is 0 Å². The molecule has 0 aliphatic heterocycles. The van der Waals surface area contributed by atoms with Crippen molar-refractivity contribution in [2.75, 3.05) is 0 Å². The topological polar surface area (TPSA) is 18.5 Å². The Bertz CT molecular complexity index is 271. The van der Waals surface area contributed by atoms with E-state index in [1.165, 1.54) is 5.19 Å². The molecule has 0 spiro atoms. The Kier molecular flexibility index (Phi) is 4.27. The van der Waals surface area contributed by atoms with E-state index in [-0.39, 0.29) is 0 Å². The van der Waals surface area contributed by atoms with Gasteiger partial charge in [0.1, 0.15) is 10.5 Å². The standard InChI is InChI=1S/C9H18O2Si3/c1-14(2,3)11-13(10-12)9-7-5-4-6-8-9/h4-8,13H,1-3,12H3. The van der Waals surface area contributed by atoms with Crippen LogP contribution in [0.5, 0.6) is 0 Å². The third kappa shape index (κ3) is 3.89. The Balaban J connectivity index is 2.73.